The van der Waals surface area contributed by atoms with E-state index in [-0.39, 0.29) is 17.6 Å². The van der Waals surface area contributed by atoms with Gasteiger partial charge in [0.25, 0.3) is 0 Å². The maximum Gasteiger partial charge on any atom is 0.226 e. The molecule has 0 spiro atoms. The number of hydrogen-bond acceptors (Lipinski definition) is 2. The minimum absolute atomic E-state index is 0.0913. The summed E-state index contributed by atoms with van der Waals surface area (Å²) in [4.78, 5) is 14.7. The monoisotopic (exact) mass is 290 g/mol. The number of halogens is 1. The van der Waals surface area contributed by atoms with Crippen molar-refractivity contribution in [3.8, 4) is 0 Å². The van der Waals surface area contributed by atoms with Gasteiger partial charge >= 0.3 is 0 Å². The van der Waals surface area contributed by atoms with Crippen molar-refractivity contribution < 1.29 is 9.18 Å². The number of carbonyl (C=O) groups excluding carboxylic acids is 1. The maximum atomic E-state index is 13.9. The van der Waals surface area contributed by atoms with E-state index in [1.54, 1.807) is 12.1 Å². The molecule has 2 fully saturated rings. The Bertz CT molecular complexity index is 515. The summed E-state index contributed by atoms with van der Waals surface area (Å²) in [6, 6.07) is 7.49. The molecule has 4 heteroatoms. The van der Waals surface area contributed by atoms with Crippen LogP contribution in [-0.4, -0.2) is 29.4 Å². The van der Waals surface area contributed by atoms with Crippen LogP contribution in [0.25, 0.3) is 0 Å². The lowest BCUT2D eigenvalue weighted by Gasteiger charge is -2.32. The first-order valence-electron chi connectivity index (χ1n) is 7.92. The van der Waals surface area contributed by atoms with Gasteiger partial charge in [-0.25, -0.2) is 4.39 Å². The summed E-state index contributed by atoms with van der Waals surface area (Å²) in [6.07, 6.45) is 3.89. The predicted molar refractivity (Wildman–Crippen MR) is 80.2 cm³/mol. The van der Waals surface area contributed by atoms with Gasteiger partial charge in [-0.3, -0.25) is 4.79 Å². The van der Waals surface area contributed by atoms with Crippen LogP contribution in [0.1, 0.15) is 38.2 Å². The van der Waals surface area contributed by atoms with Crippen LogP contribution in [-0.2, 0) is 11.3 Å². The van der Waals surface area contributed by atoms with E-state index in [1.807, 2.05) is 11.0 Å². The average molecular weight is 290 g/mol. The van der Waals surface area contributed by atoms with Crippen LogP contribution in [0, 0.1) is 11.7 Å². The summed E-state index contributed by atoms with van der Waals surface area (Å²) in [5.74, 6) is 0.0948. The lowest BCUT2D eigenvalue weighted by Crippen LogP contribution is -2.44. The van der Waals surface area contributed by atoms with Crippen molar-refractivity contribution in [2.45, 2.75) is 51.2 Å². The van der Waals surface area contributed by atoms with Gasteiger partial charge in [-0.1, -0.05) is 18.2 Å². The number of piperidine rings is 1. The molecule has 1 amide bonds. The highest BCUT2D eigenvalue weighted by Crippen LogP contribution is 2.32. The van der Waals surface area contributed by atoms with Crippen LogP contribution < -0.4 is 5.32 Å². The Balaban J connectivity index is 1.72. The number of benzene rings is 1. The third-order valence-corrected chi connectivity index (χ3v) is 4.54. The summed E-state index contributed by atoms with van der Waals surface area (Å²) < 4.78 is 13.9. The topological polar surface area (TPSA) is 32.3 Å². The minimum Gasteiger partial charge on any atom is -0.335 e. The summed E-state index contributed by atoms with van der Waals surface area (Å²) in [6.45, 7) is 3.43. The van der Waals surface area contributed by atoms with Crippen molar-refractivity contribution in [1.29, 1.82) is 0 Å². The molecule has 1 aliphatic heterocycles. The lowest BCUT2D eigenvalue weighted by molar-refractivity contribution is -0.138. The highest BCUT2D eigenvalue weighted by molar-refractivity contribution is 5.79. The Morgan fingerprint density at radius 1 is 1.33 bits per heavy atom. The molecule has 2 atom stereocenters. The van der Waals surface area contributed by atoms with Gasteiger partial charge in [0.2, 0.25) is 5.91 Å². The van der Waals surface area contributed by atoms with E-state index >= 15 is 0 Å². The quantitative estimate of drug-likeness (QED) is 0.924. The number of nitrogens with one attached hydrogen (secondary N) is 1. The van der Waals surface area contributed by atoms with Gasteiger partial charge in [0.15, 0.2) is 0 Å². The Labute approximate surface area is 125 Å². The van der Waals surface area contributed by atoms with Crippen LogP contribution in [0.2, 0.25) is 0 Å². The molecule has 1 aromatic rings. The van der Waals surface area contributed by atoms with Gasteiger partial charge in [-0.2, -0.15) is 0 Å². The predicted octanol–water partition coefficient (Wildman–Crippen LogP) is 2.70. The van der Waals surface area contributed by atoms with Crippen molar-refractivity contribution in [1.82, 2.24) is 10.2 Å². The van der Waals surface area contributed by atoms with Gasteiger partial charge in [-0.05, 0) is 45.2 Å². The molecule has 0 aromatic heterocycles. The molecular formula is C17H23FN2O. The maximum absolute atomic E-state index is 13.9. The molecular weight excluding hydrogens is 267 g/mol. The molecule has 0 unspecified atom stereocenters. The van der Waals surface area contributed by atoms with Crippen molar-refractivity contribution in [3.05, 3.63) is 35.6 Å². The standard InChI is InChI=1S/C17H23FN2O/c1-12-10-13(8-9-19-12)17(21)20(15-6-7-15)11-14-4-2-3-5-16(14)18/h2-5,12-13,15,19H,6-11H2,1H3/t12-,13-/m0/s1. The second-order valence-corrected chi connectivity index (χ2v) is 6.37. The third-order valence-electron chi connectivity index (χ3n) is 4.54. The number of nitrogens with zero attached hydrogens (tertiary/aromatic N) is 1. The van der Waals surface area contributed by atoms with E-state index in [0.29, 0.717) is 24.2 Å². The average Bonchev–Trinajstić information content (AvgIpc) is 3.30. The van der Waals surface area contributed by atoms with Crippen LogP contribution in [0.4, 0.5) is 4.39 Å². The number of hydrogen-bond donors (Lipinski definition) is 1. The van der Waals surface area contributed by atoms with Gasteiger partial charge in [-0.15, -0.1) is 0 Å². The molecule has 3 nitrogen and oxygen atoms in total. The minimum atomic E-state index is -0.213. The Morgan fingerprint density at radius 2 is 2.10 bits per heavy atom. The van der Waals surface area contributed by atoms with Crippen molar-refractivity contribution >= 4 is 5.91 Å². The zero-order valence-electron chi connectivity index (χ0n) is 12.5. The van der Waals surface area contributed by atoms with Gasteiger partial charge < -0.3 is 10.2 Å². The zero-order valence-corrected chi connectivity index (χ0v) is 12.5. The second kappa shape index (κ2) is 6.14. The van der Waals surface area contributed by atoms with Crippen LogP contribution in [0.5, 0.6) is 0 Å². The molecule has 1 aliphatic carbocycles. The van der Waals surface area contributed by atoms with Crippen molar-refractivity contribution in [3.63, 3.8) is 0 Å². The number of rotatable bonds is 4. The lowest BCUT2D eigenvalue weighted by atomic mass is 9.91. The molecule has 114 valence electrons. The molecule has 1 saturated heterocycles. The van der Waals surface area contributed by atoms with Crippen LogP contribution >= 0.6 is 0 Å². The Hall–Kier alpha value is -1.42. The van der Waals surface area contributed by atoms with Crippen LogP contribution in [0.3, 0.4) is 0 Å². The molecule has 3 rings (SSSR count). The number of amides is 1. The fraction of sp³-hybridized carbons (Fsp3) is 0.588. The van der Waals surface area contributed by atoms with E-state index < -0.39 is 0 Å². The van der Waals surface area contributed by atoms with Gasteiger partial charge in [0.05, 0.1) is 0 Å². The van der Waals surface area contributed by atoms with E-state index in [0.717, 1.165) is 32.2 Å². The molecule has 0 radical (unpaired) electrons. The summed E-state index contributed by atoms with van der Waals surface area (Å²) in [5.41, 5.74) is 0.625. The SMILES string of the molecule is C[C@H]1C[C@@H](C(=O)N(Cc2ccccc2F)C2CC2)CCN1. The smallest absolute Gasteiger partial charge is 0.226 e. The second-order valence-electron chi connectivity index (χ2n) is 6.37. The van der Waals surface area contributed by atoms with E-state index in [4.69, 9.17) is 0 Å². The highest BCUT2D eigenvalue weighted by atomic mass is 19.1. The first kappa shape index (κ1) is 14.5. The van der Waals surface area contributed by atoms with Gasteiger partial charge in [0.1, 0.15) is 5.82 Å². The summed E-state index contributed by atoms with van der Waals surface area (Å²) >= 11 is 0. The first-order valence-corrected chi connectivity index (χ1v) is 7.92. The zero-order chi connectivity index (χ0) is 14.8. The summed E-state index contributed by atoms with van der Waals surface area (Å²) in [7, 11) is 0. The molecule has 1 N–H and O–H groups in total. The molecule has 1 heterocycles. The Kier molecular flexibility index (Phi) is 4.24. The molecule has 2 aliphatic rings. The number of carbonyl (C=O) groups is 1. The fourth-order valence-corrected chi connectivity index (χ4v) is 3.17. The van der Waals surface area contributed by atoms with Crippen LogP contribution in [0.15, 0.2) is 24.3 Å². The van der Waals surface area contributed by atoms with Crippen molar-refractivity contribution in [2.24, 2.45) is 5.92 Å². The van der Waals surface area contributed by atoms with E-state index in [1.165, 1.54) is 6.07 Å². The van der Waals surface area contributed by atoms with Crippen molar-refractivity contribution in [2.75, 3.05) is 6.54 Å². The van der Waals surface area contributed by atoms with E-state index in [9.17, 15) is 9.18 Å². The normalized spacial score (nSPS) is 25.6. The summed E-state index contributed by atoms with van der Waals surface area (Å²) in [5, 5.41) is 3.38. The molecule has 1 saturated carbocycles. The first-order chi connectivity index (χ1) is 10.1. The fourth-order valence-electron chi connectivity index (χ4n) is 3.17. The Morgan fingerprint density at radius 3 is 2.76 bits per heavy atom. The third kappa shape index (κ3) is 3.43. The highest BCUT2D eigenvalue weighted by Gasteiger charge is 2.37. The molecule has 1 aromatic carbocycles. The van der Waals surface area contributed by atoms with Gasteiger partial charge in [0, 0.05) is 30.1 Å². The largest absolute Gasteiger partial charge is 0.335 e. The molecule has 0 bridgehead atoms. The van der Waals surface area contributed by atoms with E-state index in [2.05, 4.69) is 12.2 Å². The molecule has 21 heavy (non-hydrogen) atoms.